The summed E-state index contributed by atoms with van der Waals surface area (Å²) >= 11 is 0. The van der Waals surface area contributed by atoms with E-state index in [-0.39, 0.29) is 6.61 Å². The van der Waals surface area contributed by atoms with Crippen molar-refractivity contribution < 1.29 is 15.2 Å². The molecule has 19 heavy (non-hydrogen) atoms. The third-order valence-corrected chi connectivity index (χ3v) is 3.25. The molecule has 0 bridgehead atoms. The number of rotatable bonds is 11. The zero-order chi connectivity index (χ0) is 13.8. The number of aliphatic hydroxyl groups is 1. The number of aliphatic hydroxyl groups excluding tert-OH is 1. The average molecular weight is 266 g/mol. The minimum absolute atomic E-state index is 0.282. The Morgan fingerprint density at radius 2 is 1.84 bits per heavy atom. The predicted molar refractivity (Wildman–Crippen MR) is 78.5 cm³/mol. The highest BCUT2D eigenvalue weighted by molar-refractivity contribution is 5.33. The van der Waals surface area contributed by atoms with Gasteiger partial charge in [0.05, 0.1) is 26.3 Å². The van der Waals surface area contributed by atoms with E-state index in [1.54, 1.807) is 0 Å². The zero-order valence-electron chi connectivity index (χ0n) is 12.1. The third kappa shape index (κ3) is 7.19. The third-order valence-electron chi connectivity index (χ3n) is 3.25. The topological polar surface area (TPSA) is 46.1 Å². The molecular weight excluding hydrogens is 238 g/mol. The van der Waals surface area contributed by atoms with Crippen LogP contribution < -0.4 is 10.1 Å². The van der Waals surface area contributed by atoms with Crippen LogP contribution in [0.5, 0.6) is 5.75 Å². The van der Waals surface area contributed by atoms with Gasteiger partial charge in [-0.3, -0.25) is 0 Å². The molecule has 0 unspecified atom stereocenters. The van der Waals surface area contributed by atoms with Crippen LogP contribution in [0.4, 0.5) is 0 Å². The van der Waals surface area contributed by atoms with Crippen LogP contribution in [0.2, 0.25) is 0 Å². The molecule has 0 spiro atoms. The molecule has 0 amide bonds. The van der Waals surface area contributed by atoms with Crippen molar-refractivity contribution in [3.8, 4) is 5.75 Å². The average Bonchev–Trinajstić information content (AvgIpc) is 2.46. The molecular formula is C16H28NO2+. The van der Waals surface area contributed by atoms with Gasteiger partial charge in [-0.25, -0.2) is 0 Å². The maximum Gasteiger partial charge on any atom is 0.122 e. The lowest BCUT2D eigenvalue weighted by atomic mass is 10.1. The number of aryl methyl sites for hydroxylation is 1. The standard InChI is InChI=1S/C16H27NO2/c1-2-15-9-5-6-10-16(15)19-14-8-4-3-7-11-17-12-13-18/h5-6,9-10,17-18H,2-4,7-8,11-14H2,1H3/p+1. The van der Waals surface area contributed by atoms with E-state index < -0.39 is 0 Å². The molecule has 0 fully saturated rings. The Kier molecular flexibility index (Phi) is 9.11. The highest BCUT2D eigenvalue weighted by Crippen LogP contribution is 2.18. The van der Waals surface area contributed by atoms with Gasteiger partial charge in [0.1, 0.15) is 5.75 Å². The Bertz CT molecular complexity index is 328. The minimum atomic E-state index is 0.282. The summed E-state index contributed by atoms with van der Waals surface area (Å²) in [5.74, 6) is 1.04. The molecule has 1 aromatic carbocycles. The van der Waals surface area contributed by atoms with Gasteiger partial charge in [0, 0.05) is 0 Å². The van der Waals surface area contributed by atoms with Gasteiger partial charge in [-0.1, -0.05) is 25.1 Å². The molecule has 3 heteroatoms. The van der Waals surface area contributed by atoms with Crippen molar-refractivity contribution in [3.05, 3.63) is 29.8 Å². The van der Waals surface area contributed by atoms with E-state index in [1.807, 2.05) is 6.07 Å². The lowest BCUT2D eigenvalue weighted by Gasteiger charge is -2.09. The van der Waals surface area contributed by atoms with Crippen LogP contribution >= 0.6 is 0 Å². The first-order chi connectivity index (χ1) is 9.38. The Balaban J connectivity index is 2.01. The monoisotopic (exact) mass is 266 g/mol. The first-order valence-corrected chi connectivity index (χ1v) is 7.51. The number of quaternary nitrogens is 1. The summed E-state index contributed by atoms with van der Waals surface area (Å²) in [5, 5.41) is 10.8. The van der Waals surface area contributed by atoms with Gasteiger partial charge in [0.15, 0.2) is 0 Å². The van der Waals surface area contributed by atoms with E-state index in [0.717, 1.165) is 38.3 Å². The summed E-state index contributed by atoms with van der Waals surface area (Å²) in [6.45, 7) is 5.21. The molecule has 0 aliphatic heterocycles. The second-order valence-corrected chi connectivity index (χ2v) is 4.81. The summed E-state index contributed by atoms with van der Waals surface area (Å²) in [7, 11) is 0. The van der Waals surface area contributed by atoms with Crippen molar-refractivity contribution in [1.82, 2.24) is 0 Å². The maximum atomic E-state index is 8.64. The largest absolute Gasteiger partial charge is 0.493 e. The first kappa shape index (κ1) is 16.0. The molecule has 108 valence electrons. The number of unbranched alkanes of at least 4 members (excludes halogenated alkanes) is 3. The normalized spacial score (nSPS) is 10.6. The van der Waals surface area contributed by atoms with Crippen LogP contribution in [0.3, 0.4) is 0 Å². The number of para-hydroxylation sites is 1. The second-order valence-electron chi connectivity index (χ2n) is 4.81. The summed E-state index contributed by atoms with van der Waals surface area (Å²) in [6, 6.07) is 8.29. The molecule has 1 aromatic rings. The number of ether oxygens (including phenoxy) is 1. The molecule has 0 saturated carbocycles. The molecule has 0 atom stereocenters. The van der Waals surface area contributed by atoms with Crippen LogP contribution in [-0.4, -0.2) is 31.4 Å². The first-order valence-electron chi connectivity index (χ1n) is 7.51. The van der Waals surface area contributed by atoms with Crippen molar-refractivity contribution in [2.24, 2.45) is 0 Å². The molecule has 3 N–H and O–H groups in total. The van der Waals surface area contributed by atoms with Crippen LogP contribution in [-0.2, 0) is 6.42 Å². The molecule has 0 aliphatic rings. The van der Waals surface area contributed by atoms with Crippen molar-refractivity contribution in [3.63, 3.8) is 0 Å². The molecule has 0 aromatic heterocycles. The van der Waals surface area contributed by atoms with Crippen molar-refractivity contribution in [2.75, 3.05) is 26.3 Å². The fraction of sp³-hybridized carbons (Fsp3) is 0.625. The van der Waals surface area contributed by atoms with Crippen LogP contribution in [0.1, 0.15) is 38.2 Å². The highest BCUT2D eigenvalue weighted by atomic mass is 16.5. The lowest BCUT2D eigenvalue weighted by Crippen LogP contribution is -2.85. The zero-order valence-corrected chi connectivity index (χ0v) is 12.1. The molecule has 3 nitrogen and oxygen atoms in total. The Labute approximate surface area is 117 Å². The smallest absolute Gasteiger partial charge is 0.122 e. The predicted octanol–water partition coefficient (Wildman–Crippen LogP) is 1.74. The highest BCUT2D eigenvalue weighted by Gasteiger charge is 2.00. The number of hydrogen-bond donors (Lipinski definition) is 2. The summed E-state index contributed by atoms with van der Waals surface area (Å²) in [5.41, 5.74) is 1.29. The van der Waals surface area contributed by atoms with E-state index in [4.69, 9.17) is 9.84 Å². The Hall–Kier alpha value is -1.06. The quantitative estimate of drug-likeness (QED) is 0.599. The number of benzene rings is 1. The van der Waals surface area contributed by atoms with Crippen LogP contribution in [0.25, 0.3) is 0 Å². The SMILES string of the molecule is CCc1ccccc1OCCCCCC[NH2+]CCO. The van der Waals surface area contributed by atoms with Crippen molar-refractivity contribution in [1.29, 1.82) is 0 Å². The second kappa shape index (κ2) is 10.8. The van der Waals surface area contributed by atoms with E-state index in [1.165, 1.54) is 24.8 Å². The number of nitrogens with two attached hydrogens (primary N) is 1. The van der Waals surface area contributed by atoms with E-state index in [2.05, 4.69) is 30.4 Å². The fourth-order valence-electron chi connectivity index (χ4n) is 2.10. The van der Waals surface area contributed by atoms with Crippen LogP contribution in [0, 0.1) is 0 Å². The Morgan fingerprint density at radius 3 is 2.63 bits per heavy atom. The van der Waals surface area contributed by atoms with Gasteiger partial charge in [0.2, 0.25) is 0 Å². The molecule has 1 rings (SSSR count). The number of hydrogen-bond acceptors (Lipinski definition) is 2. The van der Waals surface area contributed by atoms with Gasteiger partial charge in [-0.2, -0.15) is 0 Å². The van der Waals surface area contributed by atoms with E-state index in [9.17, 15) is 0 Å². The summed E-state index contributed by atoms with van der Waals surface area (Å²) < 4.78 is 5.83. The molecule has 0 saturated heterocycles. The van der Waals surface area contributed by atoms with E-state index in [0.29, 0.717) is 0 Å². The van der Waals surface area contributed by atoms with Gasteiger partial charge in [-0.15, -0.1) is 0 Å². The fourth-order valence-corrected chi connectivity index (χ4v) is 2.10. The lowest BCUT2D eigenvalue weighted by molar-refractivity contribution is -0.656. The van der Waals surface area contributed by atoms with Gasteiger partial charge in [-0.05, 0) is 43.7 Å². The summed E-state index contributed by atoms with van der Waals surface area (Å²) in [4.78, 5) is 0. The van der Waals surface area contributed by atoms with Crippen molar-refractivity contribution in [2.45, 2.75) is 39.0 Å². The maximum absolute atomic E-state index is 8.64. The van der Waals surface area contributed by atoms with Crippen LogP contribution in [0.15, 0.2) is 24.3 Å². The van der Waals surface area contributed by atoms with E-state index >= 15 is 0 Å². The minimum Gasteiger partial charge on any atom is -0.493 e. The molecule has 0 radical (unpaired) electrons. The summed E-state index contributed by atoms with van der Waals surface area (Å²) in [6.07, 6.45) is 5.85. The van der Waals surface area contributed by atoms with Crippen molar-refractivity contribution >= 4 is 0 Å². The molecule has 0 heterocycles. The van der Waals surface area contributed by atoms with Gasteiger partial charge in [0.25, 0.3) is 0 Å². The van der Waals surface area contributed by atoms with Gasteiger partial charge < -0.3 is 15.2 Å². The van der Waals surface area contributed by atoms with Gasteiger partial charge >= 0.3 is 0 Å². The Morgan fingerprint density at radius 1 is 1.05 bits per heavy atom. The molecule has 0 aliphatic carbocycles.